The van der Waals surface area contributed by atoms with Gasteiger partial charge in [0.05, 0.1) is 5.75 Å². The number of halogens is 2. The summed E-state index contributed by atoms with van der Waals surface area (Å²) in [7, 11) is 1.48. The molecule has 0 spiro atoms. The van der Waals surface area contributed by atoms with Gasteiger partial charge in [-0.1, -0.05) is 22.0 Å². The molecule has 0 aliphatic rings. The monoisotopic (exact) mass is 218 g/mol. The van der Waals surface area contributed by atoms with Crippen molar-refractivity contribution in [3.05, 3.63) is 11.1 Å². The van der Waals surface area contributed by atoms with E-state index in [9.17, 15) is 8.42 Å². The molecule has 0 saturated carbocycles. The van der Waals surface area contributed by atoms with Gasteiger partial charge in [0.25, 0.3) is 0 Å². The van der Waals surface area contributed by atoms with Gasteiger partial charge in [-0.05, 0) is 4.99 Å². The average molecular weight is 219 g/mol. The molecule has 48 valence electrons. The molecule has 0 atom stereocenters. The summed E-state index contributed by atoms with van der Waals surface area (Å²) in [4.78, 5) is 1.45. The average Bonchev–Trinajstić information content (AvgIpc) is 1.59. The van der Waals surface area contributed by atoms with E-state index < -0.39 is 9.05 Å². The minimum Gasteiger partial charge on any atom is -0.212 e. The standard InChI is InChI=1S/C3H4BrClO2S/c4-2-1-3-8(5,6)7/h1-2H,3H2/b2-1-. The molecule has 0 aromatic carbocycles. The highest BCUT2D eigenvalue weighted by molar-refractivity contribution is 9.11. The van der Waals surface area contributed by atoms with Gasteiger partial charge < -0.3 is 0 Å². The SMILES string of the molecule is O=S(=O)(Cl)C/C=C\Br. The van der Waals surface area contributed by atoms with Crippen molar-refractivity contribution in [1.29, 1.82) is 0 Å². The highest BCUT2D eigenvalue weighted by atomic mass is 79.9. The van der Waals surface area contributed by atoms with Crippen LogP contribution in [-0.2, 0) is 9.05 Å². The first-order valence-corrected chi connectivity index (χ1v) is 5.13. The zero-order chi connectivity index (χ0) is 6.62. The summed E-state index contributed by atoms with van der Waals surface area (Å²) in [6.07, 6.45) is 1.41. The Hall–Kier alpha value is 0.460. The van der Waals surface area contributed by atoms with Crippen molar-refractivity contribution < 1.29 is 8.42 Å². The predicted octanol–water partition coefficient (Wildman–Crippen LogP) is 1.46. The normalized spacial score (nSPS) is 12.8. The highest BCUT2D eigenvalue weighted by Crippen LogP contribution is 1.96. The Balaban J connectivity index is 3.76. The van der Waals surface area contributed by atoms with Crippen molar-refractivity contribution in [3.63, 3.8) is 0 Å². The molecule has 0 amide bonds. The second-order valence-corrected chi connectivity index (χ2v) is 4.42. The molecule has 0 saturated heterocycles. The third kappa shape index (κ3) is 6.46. The summed E-state index contributed by atoms with van der Waals surface area (Å²) in [6, 6.07) is 0. The Morgan fingerprint density at radius 3 is 2.25 bits per heavy atom. The van der Waals surface area contributed by atoms with Gasteiger partial charge >= 0.3 is 0 Å². The molecule has 0 radical (unpaired) electrons. The molecule has 0 bridgehead atoms. The maximum absolute atomic E-state index is 10.1. The van der Waals surface area contributed by atoms with Crippen LogP contribution in [0.3, 0.4) is 0 Å². The summed E-state index contributed by atoms with van der Waals surface area (Å²) in [5.74, 6) is -0.125. The van der Waals surface area contributed by atoms with Crippen LogP contribution >= 0.6 is 26.6 Å². The second-order valence-electron chi connectivity index (χ2n) is 1.07. The van der Waals surface area contributed by atoms with Gasteiger partial charge in [-0.3, -0.25) is 0 Å². The molecule has 0 aliphatic heterocycles. The minimum absolute atomic E-state index is 0.125. The number of hydrogen-bond donors (Lipinski definition) is 0. The van der Waals surface area contributed by atoms with Gasteiger partial charge in [-0.2, -0.15) is 0 Å². The molecule has 0 aliphatic carbocycles. The molecule has 5 heteroatoms. The Morgan fingerprint density at radius 1 is 1.62 bits per heavy atom. The molecule has 8 heavy (non-hydrogen) atoms. The lowest BCUT2D eigenvalue weighted by molar-refractivity contribution is 0.612. The van der Waals surface area contributed by atoms with Gasteiger partial charge in [0.15, 0.2) is 0 Å². The Kier molecular flexibility index (Phi) is 3.68. The van der Waals surface area contributed by atoms with E-state index in [2.05, 4.69) is 15.9 Å². The van der Waals surface area contributed by atoms with Crippen molar-refractivity contribution >= 4 is 35.7 Å². The van der Waals surface area contributed by atoms with Crippen LogP contribution in [0.4, 0.5) is 0 Å². The van der Waals surface area contributed by atoms with Crippen molar-refractivity contribution in [1.82, 2.24) is 0 Å². The van der Waals surface area contributed by atoms with E-state index in [-0.39, 0.29) is 5.75 Å². The van der Waals surface area contributed by atoms with E-state index >= 15 is 0 Å². The first kappa shape index (κ1) is 8.46. The third-order valence-electron chi connectivity index (χ3n) is 0.384. The van der Waals surface area contributed by atoms with Crippen molar-refractivity contribution in [2.45, 2.75) is 0 Å². The van der Waals surface area contributed by atoms with E-state index in [4.69, 9.17) is 10.7 Å². The molecular formula is C3H4BrClO2S. The molecule has 0 unspecified atom stereocenters. The van der Waals surface area contributed by atoms with E-state index in [1.807, 2.05) is 0 Å². The van der Waals surface area contributed by atoms with Crippen molar-refractivity contribution in [2.75, 3.05) is 5.75 Å². The topological polar surface area (TPSA) is 34.1 Å². The number of rotatable bonds is 2. The zero-order valence-corrected chi connectivity index (χ0v) is 7.00. The Morgan fingerprint density at radius 2 is 2.12 bits per heavy atom. The summed E-state index contributed by atoms with van der Waals surface area (Å²) in [5, 5.41) is 0. The van der Waals surface area contributed by atoms with E-state index in [0.717, 1.165) is 0 Å². The fourth-order valence-corrected chi connectivity index (χ4v) is 1.13. The third-order valence-corrected chi connectivity index (χ3v) is 1.73. The van der Waals surface area contributed by atoms with Crippen LogP contribution in [0, 0.1) is 0 Å². The van der Waals surface area contributed by atoms with Crippen LogP contribution < -0.4 is 0 Å². The molecule has 0 heterocycles. The van der Waals surface area contributed by atoms with Gasteiger partial charge in [-0.25, -0.2) is 8.42 Å². The Bertz CT molecular complexity index is 172. The summed E-state index contributed by atoms with van der Waals surface area (Å²) in [5.41, 5.74) is 0. The molecule has 0 aromatic rings. The minimum atomic E-state index is -3.33. The fraction of sp³-hybridized carbons (Fsp3) is 0.333. The zero-order valence-electron chi connectivity index (χ0n) is 3.84. The maximum atomic E-state index is 10.1. The van der Waals surface area contributed by atoms with Crippen LogP contribution in [0.2, 0.25) is 0 Å². The van der Waals surface area contributed by atoms with Crippen LogP contribution in [0.15, 0.2) is 11.1 Å². The molecule has 0 N–H and O–H groups in total. The van der Waals surface area contributed by atoms with E-state index in [1.54, 1.807) is 0 Å². The van der Waals surface area contributed by atoms with Crippen LogP contribution in [0.5, 0.6) is 0 Å². The smallest absolute Gasteiger partial charge is 0.212 e. The quantitative estimate of drug-likeness (QED) is 0.659. The lowest BCUT2D eigenvalue weighted by Crippen LogP contribution is -1.90. The van der Waals surface area contributed by atoms with Gasteiger partial charge in [0.1, 0.15) is 0 Å². The summed E-state index contributed by atoms with van der Waals surface area (Å²) >= 11 is 2.90. The predicted molar refractivity (Wildman–Crippen MR) is 37.7 cm³/mol. The first-order valence-electron chi connectivity index (χ1n) is 1.74. The summed E-state index contributed by atoms with van der Waals surface area (Å²) < 4.78 is 20.2. The van der Waals surface area contributed by atoms with Crippen molar-refractivity contribution in [2.24, 2.45) is 0 Å². The lowest BCUT2D eigenvalue weighted by atomic mass is 10.8. The lowest BCUT2D eigenvalue weighted by Gasteiger charge is -1.81. The number of hydrogen-bond acceptors (Lipinski definition) is 2. The molecule has 0 aromatic heterocycles. The maximum Gasteiger partial charge on any atom is 0.236 e. The second kappa shape index (κ2) is 3.48. The summed E-state index contributed by atoms with van der Waals surface area (Å²) in [6.45, 7) is 0. The van der Waals surface area contributed by atoms with E-state index in [1.165, 1.54) is 11.1 Å². The first-order chi connectivity index (χ1) is 3.56. The van der Waals surface area contributed by atoms with Crippen molar-refractivity contribution in [3.8, 4) is 0 Å². The van der Waals surface area contributed by atoms with Gasteiger partial charge in [0.2, 0.25) is 9.05 Å². The van der Waals surface area contributed by atoms with Crippen LogP contribution in [0.25, 0.3) is 0 Å². The largest absolute Gasteiger partial charge is 0.236 e. The Labute approximate surface area is 61.1 Å². The van der Waals surface area contributed by atoms with E-state index in [0.29, 0.717) is 0 Å². The van der Waals surface area contributed by atoms with Gasteiger partial charge in [0, 0.05) is 10.7 Å². The van der Waals surface area contributed by atoms with Crippen LogP contribution in [0.1, 0.15) is 0 Å². The molecule has 2 nitrogen and oxygen atoms in total. The molecule has 0 fully saturated rings. The molecular weight excluding hydrogens is 215 g/mol. The van der Waals surface area contributed by atoms with Crippen LogP contribution in [-0.4, -0.2) is 14.2 Å². The van der Waals surface area contributed by atoms with Gasteiger partial charge in [-0.15, -0.1) is 0 Å². The molecule has 0 rings (SSSR count). The highest BCUT2D eigenvalue weighted by Gasteiger charge is 1.98. The fourth-order valence-electron chi connectivity index (χ4n) is 0.151.